The van der Waals surface area contributed by atoms with Crippen molar-refractivity contribution in [3.05, 3.63) is 66.0 Å². The number of carbonyl (C=O) groups excluding carboxylic acids is 1. The Hall–Kier alpha value is -2.20. The summed E-state index contributed by atoms with van der Waals surface area (Å²) < 4.78 is 0. The van der Waals surface area contributed by atoms with Crippen molar-refractivity contribution in [1.82, 2.24) is 14.8 Å². The van der Waals surface area contributed by atoms with Gasteiger partial charge in [-0.3, -0.25) is 9.78 Å². The second kappa shape index (κ2) is 8.77. The molecule has 1 atom stereocenters. The molecule has 1 aliphatic heterocycles. The van der Waals surface area contributed by atoms with Gasteiger partial charge in [-0.05, 0) is 56.5 Å². The Bertz CT molecular complexity index is 659. The molecule has 1 aromatic heterocycles. The zero-order valence-corrected chi connectivity index (χ0v) is 15.0. The van der Waals surface area contributed by atoms with Gasteiger partial charge in [0.1, 0.15) is 0 Å². The molecule has 1 aliphatic rings. The van der Waals surface area contributed by atoms with Crippen molar-refractivity contribution < 1.29 is 4.79 Å². The number of aryl methyl sites for hydroxylation is 1. The van der Waals surface area contributed by atoms with Gasteiger partial charge >= 0.3 is 0 Å². The van der Waals surface area contributed by atoms with Gasteiger partial charge in [-0.15, -0.1) is 0 Å². The molecule has 1 saturated heterocycles. The smallest absolute Gasteiger partial charge is 0.255 e. The third-order valence-electron chi connectivity index (χ3n) is 5.04. The summed E-state index contributed by atoms with van der Waals surface area (Å²) in [5, 5.41) is 0. The van der Waals surface area contributed by atoms with Gasteiger partial charge in [0.2, 0.25) is 0 Å². The number of benzene rings is 1. The van der Waals surface area contributed by atoms with Crippen LogP contribution in [0.15, 0.2) is 54.9 Å². The zero-order valence-electron chi connectivity index (χ0n) is 15.0. The van der Waals surface area contributed by atoms with Crippen LogP contribution in [-0.4, -0.2) is 53.4 Å². The van der Waals surface area contributed by atoms with Gasteiger partial charge < -0.3 is 9.80 Å². The first-order chi connectivity index (χ1) is 12.2. The van der Waals surface area contributed by atoms with Gasteiger partial charge in [0, 0.05) is 32.0 Å². The summed E-state index contributed by atoms with van der Waals surface area (Å²) in [5.74, 6) is 0.0734. The highest BCUT2D eigenvalue weighted by molar-refractivity contribution is 5.93. The summed E-state index contributed by atoms with van der Waals surface area (Å²) in [6.07, 6.45) is 7.87. The highest BCUT2D eigenvalue weighted by Gasteiger charge is 2.26. The Morgan fingerprint density at radius 3 is 2.84 bits per heavy atom. The lowest BCUT2D eigenvalue weighted by molar-refractivity contribution is 0.0616. The van der Waals surface area contributed by atoms with Crippen LogP contribution in [0.25, 0.3) is 0 Å². The number of pyridine rings is 1. The van der Waals surface area contributed by atoms with Crippen LogP contribution in [0, 0.1) is 0 Å². The van der Waals surface area contributed by atoms with Gasteiger partial charge in [0.15, 0.2) is 0 Å². The third-order valence-corrected chi connectivity index (χ3v) is 5.04. The second-order valence-corrected chi connectivity index (χ2v) is 6.84. The third kappa shape index (κ3) is 4.89. The lowest BCUT2D eigenvalue weighted by atomic mass is 10.0. The van der Waals surface area contributed by atoms with E-state index < -0.39 is 0 Å². The monoisotopic (exact) mass is 337 g/mol. The molecule has 2 heterocycles. The molecular formula is C21H27N3O. The fourth-order valence-corrected chi connectivity index (χ4v) is 3.56. The lowest BCUT2D eigenvalue weighted by Crippen LogP contribution is -2.48. The van der Waals surface area contributed by atoms with E-state index in [-0.39, 0.29) is 11.9 Å². The first kappa shape index (κ1) is 17.6. The minimum Gasteiger partial charge on any atom is -0.337 e. The lowest BCUT2D eigenvalue weighted by Gasteiger charge is -2.37. The first-order valence-electron chi connectivity index (χ1n) is 9.17. The molecule has 0 spiro atoms. The number of amides is 1. The molecule has 0 radical (unpaired) electrons. The molecule has 1 fully saturated rings. The Morgan fingerprint density at radius 1 is 1.24 bits per heavy atom. The van der Waals surface area contributed by atoms with Gasteiger partial charge in [-0.25, -0.2) is 0 Å². The number of nitrogens with zero attached hydrogens (tertiary/aromatic N) is 3. The highest BCUT2D eigenvalue weighted by atomic mass is 16.2. The summed E-state index contributed by atoms with van der Waals surface area (Å²) in [7, 11) is 1.92. The summed E-state index contributed by atoms with van der Waals surface area (Å²) in [4.78, 5) is 21.1. The van der Waals surface area contributed by atoms with Crippen LogP contribution in [-0.2, 0) is 6.42 Å². The van der Waals surface area contributed by atoms with Crippen molar-refractivity contribution in [3.63, 3.8) is 0 Å². The average Bonchev–Trinajstić information content (AvgIpc) is 2.68. The number of piperidine rings is 1. The molecule has 132 valence electrons. The molecule has 0 aliphatic carbocycles. The minimum absolute atomic E-state index is 0.0734. The number of rotatable bonds is 6. The summed E-state index contributed by atoms with van der Waals surface area (Å²) in [6.45, 7) is 3.21. The number of likely N-dealkylation sites (N-methyl/N-ethyl adjacent to an activating group) is 1. The summed E-state index contributed by atoms with van der Waals surface area (Å²) in [6, 6.07) is 14.6. The normalized spacial score (nSPS) is 18.0. The molecule has 2 aromatic rings. The van der Waals surface area contributed by atoms with Gasteiger partial charge in [0.25, 0.3) is 5.91 Å². The van der Waals surface area contributed by atoms with E-state index in [1.807, 2.05) is 24.1 Å². The van der Waals surface area contributed by atoms with Crippen LogP contribution in [0.3, 0.4) is 0 Å². The van der Waals surface area contributed by atoms with E-state index in [0.717, 1.165) is 45.3 Å². The fraction of sp³-hybridized carbons (Fsp3) is 0.429. The molecule has 4 nitrogen and oxygen atoms in total. The van der Waals surface area contributed by atoms with Crippen molar-refractivity contribution in [3.8, 4) is 0 Å². The number of aromatic nitrogens is 1. The van der Waals surface area contributed by atoms with Crippen molar-refractivity contribution in [2.75, 3.05) is 26.7 Å². The Kier molecular flexibility index (Phi) is 6.18. The molecule has 1 amide bonds. The van der Waals surface area contributed by atoms with Crippen molar-refractivity contribution in [1.29, 1.82) is 0 Å². The second-order valence-electron chi connectivity index (χ2n) is 6.84. The molecule has 1 aromatic carbocycles. The average molecular weight is 337 g/mol. The molecular weight excluding hydrogens is 310 g/mol. The van der Waals surface area contributed by atoms with Crippen LogP contribution in [0.2, 0.25) is 0 Å². The maximum atomic E-state index is 12.6. The number of hydrogen-bond donors (Lipinski definition) is 0. The number of hydrogen-bond acceptors (Lipinski definition) is 3. The zero-order chi connectivity index (χ0) is 17.5. The molecule has 0 saturated carbocycles. The quantitative estimate of drug-likeness (QED) is 0.812. The Balaban J connectivity index is 1.49. The predicted octanol–water partition coefficient (Wildman–Crippen LogP) is 3.25. The number of likely N-dealkylation sites (tertiary alicyclic amines) is 1. The Labute approximate surface area is 150 Å². The van der Waals surface area contributed by atoms with Crippen molar-refractivity contribution >= 4 is 5.91 Å². The van der Waals surface area contributed by atoms with Gasteiger partial charge in [-0.1, -0.05) is 30.3 Å². The topological polar surface area (TPSA) is 36.4 Å². The van der Waals surface area contributed by atoms with Crippen molar-refractivity contribution in [2.24, 2.45) is 0 Å². The van der Waals surface area contributed by atoms with E-state index in [2.05, 4.69) is 40.2 Å². The minimum atomic E-state index is 0.0734. The maximum absolute atomic E-state index is 12.6. The van der Waals surface area contributed by atoms with Crippen LogP contribution in [0.4, 0.5) is 0 Å². The fourth-order valence-electron chi connectivity index (χ4n) is 3.56. The van der Waals surface area contributed by atoms with Crippen molar-refractivity contribution in [2.45, 2.75) is 31.7 Å². The maximum Gasteiger partial charge on any atom is 0.255 e. The highest BCUT2D eigenvalue weighted by Crippen LogP contribution is 2.17. The van der Waals surface area contributed by atoms with Gasteiger partial charge in [-0.2, -0.15) is 0 Å². The van der Waals surface area contributed by atoms with E-state index in [4.69, 9.17) is 0 Å². The molecule has 0 N–H and O–H groups in total. The van der Waals surface area contributed by atoms with E-state index in [1.165, 1.54) is 5.56 Å². The standard InChI is InChI=1S/C21H27N3O/c1-23(21(25)19-11-5-13-22-16-19)20-12-7-15-24(17-20)14-6-10-18-8-3-2-4-9-18/h2-5,8-9,11,13,16,20H,6-7,10,12,14-15,17H2,1H3. The van der Waals surface area contributed by atoms with E-state index in [1.54, 1.807) is 12.4 Å². The molecule has 4 heteroatoms. The van der Waals surface area contributed by atoms with Gasteiger partial charge in [0.05, 0.1) is 5.56 Å². The molecule has 0 bridgehead atoms. The SMILES string of the molecule is CN(C(=O)c1cccnc1)C1CCCN(CCCc2ccccc2)C1. The van der Waals surface area contributed by atoms with E-state index in [0.29, 0.717) is 5.56 Å². The number of carbonyl (C=O) groups is 1. The summed E-state index contributed by atoms with van der Waals surface area (Å²) >= 11 is 0. The van der Waals surface area contributed by atoms with Crippen LogP contribution >= 0.6 is 0 Å². The van der Waals surface area contributed by atoms with E-state index >= 15 is 0 Å². The predicted molar refractivity (Wildman–Crippen MR) is 101 cm³/mol. The van der Waals surface area contributed by atoms with Crippen LogP contribution < -0.4 is 0 Å². The molecule has 1 unspecified atom stereocenters. The first-order valence-corrected chi connectivity index (χ1v) is 9.17. The molecule has 3 rings (SSSR count). The largest absolute Gasteiger partial charge is 0.337 e. The van der Waals surface area contributed by atoms with Crippen LogP contribution in [0.1, 0.15) is 35.2 Å². The summed E-state index contributed by atoms with van der Waals surface area (Å²) in [5.41, 5.74) is 2.08. The Morgan fingerprint density at radius 2 is 2.08 bits per heavy atom. The van der Waals surface area contributed by atoms with E-state index in [9.17, 15) is 4.79 Å². The molecule has 25 heavy (non-hydrogen) atoms. The van der Waals surface area contributed by atoms with Crippen LogP contribution in [0.5, 0.6) is 0 Å².